The zero-order chi connectivity index (χ0) is 15.6. The van der Waals surface area contributed by atoms with Crippen molar-refractivity contribution < 1.29 is 4.74 Å². The lowest BCUT2D eigenvalue weighted by atomic mass is 9.77. The molecule has 0 spiro atoms. The van der Waals surface area contributed by atoms with Crippen LogP contribution in [0.15, 0.2) is 24.3 Å². The lowest BCUT2D eigenvalue weighted by Gasteiger charge is -2.29. The Morgan fingerprint density at radius 1 is 0.955 bits per heavy atom. The molecule has 1 nitrogen and oxygen atoms in total. The van der Waals surface area contributed by atoms with Crippen molar-refractivity contribution in [1.82, 2.24) is 0 Å². The third-order valence-corrected chi connectivity index (χ3v) is 5.33. The molecule has 0 aliphatic heterocycles. The van der Waals surface area contributed by atoms with E-state index in [1.165, 1.54) is 56.9 Å². The number of aryl methyl sites for hydroxylation is 1. The minimum Gasteiger partial charge on any atom is -0.385 e. The first-order valence-corrected chi connectivity index (χ1v) is 9.41. The van der Waals surface area contributed by atoms with Crippen molar-refractivity contribution in [2.75, 3.05) is 13.7 Å². The minimum atomic E-state index is 0.815. The number of unbranched alkanes of at least 4 members (excludes halogenated alkanes) is 2. The lowest BCUT2D eigenvalue weighted by Crippen LogP contribution is -2.13. The standard InChI is InChI=1S/C21H34O/c1-3-4-5-7-18-9-13-20(14-10-18)21-15-11-19(12-16-21)8-6-17-22-2/h11-12,15-16,18,20H,3-10,13-14,17H2,1-2H3. The number of rotatable bonds is 9. The highest BCUT2D eigenvalue weighted by molar-refractivity contribution is 5.25. The molecule has 0 saturated heterocycles. The molecule has 0 amide bonds. The fourth-order valence-electron chi connectivity index (χ4n) is 3.84. The van der Waals surface area contributed by atoms with Gasteiger partial charge in [0.1, 0.15) is 0 Å². The molecule has 0 bridgehead atoms. The first kappa shape index (κ1) is 17.5. The zero-order valence-corrected chi connectivity index (χ0v) is 14.7. The summed E-state index contributed by atoms with van der Waals surface area (Å²) in [6.07, 6.45) is 13.7. The molecule has 1 heteroatoms. The van der Waals surface area contributed by atoms with Crippen LogP contribution in [0.5, 0.6) is 0 Å². The average Bonchev–Trinajstić information content (AvgIpc) is 2.57. The van der Waals surface area contributed by atoms with Crippen LogP contribution in [-0.4, -0.2) is 13.7 Å². The van der Waals surface area contributed by atoms with Crippen LogP contribution in [0.2, 0.25) is 0 Å². The summed E-state index contributed by atoms with van der Waals surface area (Å²) in [5.74, 6) is 1.83. The van der Waals surface area contributed by atoms with Crippen molar-refractivity contribution in [1.29, 1.82) is 0 Å². The molecule has 1 aliphatic rings. The van der Waals surface area contributed by atoms with E-state index in [0.717, 1.165) is 31.3 Å². The minimum absolute atomic E-state index is 0.815. The molecule has 1 saturated carbocycles. The monoisotopic (exact) mass is 302 g/mol. The summed E-state index contributed by atoms with van der Waals surface area (Å²) in [6, 6.07) is 9.42. The smallest absolute Gasteiger partial charge is 0.0465 e. The van der Waals surface area contributed by atoms with Gasteiger partial charge in [-0.1, -0.05) is 56.9 Å². The summed E-state index contributed by atoms with van der Waals surface area (Å²) in [7, 11) is 1.78. The van der Waals surface area contributed by atoms with E-state index in [-0.39, 0.29) is 0 Å². The van der Waals surface area contributed by atoms with Gasteiger partial charge in [-0.15, -0.1) is 0 Å². The van der Waals surface area contributed by atoms with Gasteiger partial charge in [-0.3, -0.25) is 0 Å². The second kappa shape index (κ2) is 10.0. The molecule has 22 heavy (non-hydrogen) atoms. The first-order chi connectivity index (χ1) is 10.8. The SMILES string of the molecule is CCCCCC1CCC(c2ccc(CCCOC)cc2)CC1. The molecule has 1 aromatic carbocycles. The summed E-state index contributed by atoms with van der Waals surface area (Å²) in [5, 5.41) is 0. The quantitative estimate of drug-likeness (QED) is 0.499. The highest BCUT2D eigenvalue weighted by Crippen LogP contribution is 2.37. The van der Waals surface area contributed by atoms with E-state index in [1.54, 1.807) is 12.7 Å². The summed E-state index contributed by atoms with van der Waals surface area (Å²) in [5.41, 5.74) is 3.02. The van der Waals surface area contributed by atoms with Gasteiger partial charge < -0.3 is 4.74 Å². The number of hydrogen-bond acceptors (Lipinski definition) is 1. The Balaban J connectivity index is 1.74. The van der Waals surface area contributed by atoms with Crippen LogP contribution in [0.4, 0.5) is 0 Å². The van der Waals surface area contributed by atoms with Gasteiger partial charge in [-0.25, -0.2) is 0 Å². The van der Waals surface area contributed by atoms with Gasteiger partial charge in [0, 0.05) is 13.7 Å². The molecular formula is C21H34O. The number of methoxy groups -OCH3 is 1. The largest absolute Gasteiger partial charge is 0.385 e. The van der Waals surface area contributed by atoms with Gasteiger partial charge in [0.15, 0.2) is 0 Å². The van der Waals surface area contributed by atoms with Crippen molar-refractivity contribution in [3.63, 3.8) is 0 Å². The van der Waals surface area contributed by atoms with Crippen molar-refractivity contribution in [2.24, 2.45) is 5.92 Å². The van der Waals surface area contributed by atoms with Crippen molar-refractivity contribution in [3.8, 4) is 0 Å². The van der Waals surface area contributed by atoms with Crippen LogP contribution < -0.4 is 0 Å². The molecule has 0 atom stereocenters. The predicted octanol–water partition coefficient (Wildman–Crippen LogP) is 6.12. The fraction of sp³-hybridized carbons (Fsp3) is 0.714. The molecule has 124 valence electrons. The van der Waals surface area contributed by atoms with Crippen molar-refractivity contribution >= 4 is 0 Å². The van der Waals surface area contributed by atoms with Crippen LogP contribution >= 0.6 is 0 Å². The Bertz CT molecular complexity index is 387. The second-order valence-electron chi connectivity index (χ2n) is 7.05. The van der Waals surface area contributed by atoms with E-state index in [9.17, 15) is 0 Å². The van der Waals surface area contributed by atoms with E-state index in [0.29, 0.717) is 0 Å². The molecule has 0 radical (unpaired) electrons. The summed E-state index contributed by atoms with van der Waals surface area (Å²) in [6.45, 7) is 3.17. The third-order valence-electron chi connectivity index (χ3n) is 5.33. The van der Waals surface area contributed by atoms with E-state index in [1.807, 2.05) is 0 Å². The summed E-state index contributed by atoms with van der Waals surface area (Å²) >= 11 is 0. The molecule has 1 aromatic rings. The summed E-state index contributed by atoms with van der Waals surface area (Å²) < 4.78 is 5.13. The van der Waals surface area contributed by atoms with Gasteiger partial charge in [-0.2, -0.15) is 0 Å². The second-order valence-corrected chi connectivity index (χ2v) is 7.05. The Kier molecular flexibility index (Phi) is 8.01. The maximum absolute atomic E-state index is 5.13. The molecule has 0 aromatic heterocycles. The first-order valence-electron chi connectivity index (χ1n) is 9.41. The molecule has 1 fully saturated rings. The maximum atomic E-state index is 5.13. The maximum Gasteiger partial charge on any atom is 0.0465 e. The van der Waals surface area contributed by atoms with E-state index in [4.69, 9.17) is 4.74 Å². The summed E-state index contributed by atoms with van der Waals surface area (Å²) in [4.78, 5) is 0. The van der Waals surface area contributed by atoms with Crippen LogP contribution in [0, 0.1) is 5.92 Å². The van der Waals surface area contributed by atoms with Gasteiger partial charge in [0.05, 0.1) is 0 Å². The highest BCUT2D eigenvalue weighted by Gasteiger charge is 2.21. The van der Waals surface area contributed by atoms with E-state index < -0.39 is 0 Å². The van der Waals surface area contributed by atoms with Crippen molar-refractivity contribution in [2.45, 2.75) is 77.0 Å². The molecular weight excluding hydrogens is 268 g/mol. The van der Waals surface area contributed by atoms with Crippen LogP contribution in [-0.2, 0) is 11.2 Å². The Morgan fingerprint density at radius 3 is 2.32 bits per heavy atom. The van der Waals surface area contributed by atoms with E-state index >= 15 is 0 Å². The van der Waals surface area contributed by atoms with Crippen LogP contribution in [0.25, 0.3) is 0 Å². The molecule has 1 aliphatic carbocycles. The normalized spacial score (nSPS) is 21.9. The Hall–Kier alpha value is -0.820. The highest BCUT2D eigenvalue weighted by atomic mass is 16.5. The van der Waals surface area contributed by atoms with Gasteiger partial charge in [0.25, 0.3) is 0 Å². The molecule has 0 N–H and O–H groups in total. The molecule has 0 unspecified atom stereocenters. The van der Waals surface area contributed by atoms with Crippen LogP contribution in [0.3, 0.4) is 0 Å². The van der Waals surface area contributed by atoms with Gasteiger partial charge in [-0.05, 0) is 61.5 Å². The Morgan fingerprint density at radius 2 is 1.68 bits per heavy atom. The topological polar surface area (TPSA) is 9.23 Å². The zero-order valence-electron chi connectivity index (χ0n) is 14.7. The van der Waals surface area contributed by atoms with E-state index in [2.05, 4.69) is 31.2 Å². The third kappa shape index (κ3) is 5.76. The van der Waals surface area contributed by atoms with Crippen molar-refractivity contribution in [3.05, 3.63) is 35.4 Å². The van der Waals surface area contributed by atoms with Gasteiger partial charge in [0.2, 0.25) is 0 Å². The number of ether oxygens (including phenoxy) is 1. The Labute approximate surface area is 137 Å². The fourth-order valence-corrected chi connectivity index (χ4v) is 3.84. The molecule has 0 heterocycles. The number of hydrogen-bond donors (Lipinski definition) is 0. The van der Waals surface area contributed by atoms with Crippen LogP contribution in [0.1, 0.15) is 81.8 Å². The molecule has 2 rings (SSSR count). The van der Waals surface area contributed by atoms with Gasteiger partial charge >= 0.3 is 0 Å². The predicted molar refractivity (Wildman–Crippen MR) is 95.5 cm³/mol. The number of benzene rings is 1. The lowest BCUT2D eigenvalue weighted by molar-refractivity contribution is 0.195. The average molecular weight is 303 g/mol.